The van der Waals surface area contributed by atoms with Gasteiger partial charge in [0.15, 0.2) is 11.2 Å². The van der Waals surface area contributed by atoms with Crippen molar-refractivity contribution in [3.8, 4) is 5.75 Å². The maximum absolute atomic E-state index is 12.5. The number of benzene rings is 1. The van der Waals surface area contributed by atoms with Crippen molar-refractivity contribution < 1.29 is 5.11 Å². The van der Waals surface area contributed by atoms with Crippen LogP contribution in [0.1, 0.15) is 56.2 Å². The molecule has 31 heavy (non-hydrogen) atoms. The van der Waals surface area contributed by atoms with Crippen LogP contribution in [0.25, 0.3) is 11.2 Å². The second kappa shape index (κ2) is 9.09. The molecule has 0 amide bonds. The molecule has 2 heterocycles. The van der Waals surface area contributed by atoms with E-state index in [0.29, 0.717) is 30.0 Å². The van der Waals surface area contributed by atoms with Gasteiger partial charge in [-0.1, -0.05) is 39.8 Å². The first kappa shape index (κ1) is 22.8. The second-order valence-corrected chi connectivity index (χ2v) is 8.75. The molecule has 0 saturated carbocycles. The summed E-state index contributed by atoms with van der Waals surface area (Å²) in [5.41, 5.74) is 3.32. The molecule has 0 saturated heterocycles. The number of aromatic hydroxyl groups is 1. The molecule has 3 rings (SSSR count). The number of nitrogens with zero attached hydrogens (tertiary/aromatic N) is 4. The van der Waals surface area contributed by atoms with Crippen molar-refractivity contribution in [1.82, 2.24) is 24.0 Å². The highest BCUT2D eigenvalue weighted by molar-refractivity contribution is 5.69. The Kier molecular flexibility index (Phi) is 6.69. The molecule has 2 aromatic heterocycles. The number of hydrogen-bond donors (Lipinski definition) is 2. The van der Waals surface area contributed by atoms with Crippen molar-refractivity contribution in [2.24, 2.45) is 14.1 Å². The van der Waals surface area contributed by atoms with Gasteiger partial charge in [0.25, 0.3) is 5.56 Å². The van der Waals surface area contributed by atoms with Gasteiger partial charge < -0.3 is 15.0 Å². The first-order valence-corrected chi connectivity index (χ1v) is 10.8. The summed E-state index contributed by atoms with van der Waals surface area (Å²) in [6, 6.07) is 4.20. The van der Waals surface area contributed by atoms with E-state index in [9.17, 15) is 14.7 Å². The third kappa shape index (κ3) is 4.44. The van der Waals surface area contributed by atoms with Crippen LogP contribution in [-0.4, -0.2) is 36.9 Å². The topological polar surface area (TPSA) is 94.1 Å². The molecule has 1 aromatic carbocycles. The smallest absolute Gasteiger partial charge is 0.332 e. The Morgan fingerprint density at radius 1 is 1.00 bits per heavy atom. The van der Waals surface area contributed by atoms with E-state index in [1.54, 1.807) is 17.9 Å². The number of aryl methyl sites for hydroxylation is 1. The summed E-state index contributed by atoms with van der Waals surface area (Å²) in [5.74, 6) is 0.946. The summed E-state index contributed by atoms with van der Waals surface area (Å²) in [6.07, 6.45) is 2.46. The maximum Gasteiger partial charge on any atom is 0.332 e. The molecule has 0 spiro atoms. The van der Waals surface area contributed by atoms with Crippen LogP contribution in [0.3, 0.4) is 0 Å². The summed E-state index contributed by atoms with van der Waals surface area (Å²) in [5, 5.41) is 14.0. The van der Waals surface area contributed by atoms with Crippen LogP contribution in [0, 0.1) is 0 Å². The summed E-state index contributed by atoms with van der Waals surface area (Å²) in [6.45, 7) is 10.4. The van der Waals surface area contributed by atoms with Crippen molar-refractivity contribution >= 4 is 11.2 Å². The molecule has 3 aromatic rings. The van der Waals surface area contributed by atoms with Crippen LogP contribution in [0.5, 0.6) is 5.75 Å². The molecule has 0 aliphatic carbocycles. The first-order valence-electron chi connectivity index (χ1n) is 10.8. The largest absolute Gasteiger partial charge is 0.507 e. The summed E-state index contributed by atoms with van der Waals surface area (Å²) >= 11 is 0. The standard InChI is InChI=1S/C23H33N5O3/c1-14(2)17-11-16(12-18(15(3)4)20(17)29)7-8-24-9-10-28-13-25-21-19(28)22(30)27(6)23(31)26(21)5/h11-15,24,29H,7-10H2,1-6H3. The highest BCUT2D eigenvalue weighted by Gasteiger charge is 2.16. The molecule has 0 radical (unpaired) electrons. The Balaban J connectivity index is 1.67. The van der Waals surface area contributed by atoms with Crippen molar-refractivity contribution in [2.75, 3.05) is 13.1 Å². The van der Waals surface area contributed by atoms with Gasteiger partial charge in [0.05, 0.1) is 6.33 Å². The lowest BCUT2D eigenvalue weighted by Gasteiger charge is -2.17. The number of fused-ring (bicyclic) bond motifs is 1. The van der Waals surface area contributed by atoms with Crippen LogP contribution in [-0.2, 0) is 27.1 Å². The van der Waals surface area contributed by atoms with Gasteiger partial charge >= 0.3 is 5.69 Å². The maximum atomic E-state index is 12.5. The van der Waals surface area contributed by atoms with E-state index in [1.807, 2.05) is 0 Å². The molecule has 0 atom stereocenters. The number of nitrogens with one attached hydrogen (secondary N) is 1. The van der Waals surface area contributed by atoms with Gasteiger partial charge in [0.2, 0.25) is 0 Å². The minimum atomic E-state index is -0.378. The fourth-order valence-electron chi connectivity index (χ4n) is 3.89. The second-order valence-electron chi connectivity index (χ2n) is 8.75. The molecule has 0 unspecified atom stereocenters. The third-order valence-corrected chi connectivity index (χ3v) is 5.81. The van der Waals surface area contributed by atoms with E-state index in [2.05, 4.69) is 50.1 Å². The van der Waals surface area contributed by atoms with Crippen LogP contribution in [0.4, 0.5) is 0 Å². The Morgan fingerprint density at radius 3 is 2.19 bits per heavy atom. The highest BCUT2D eigenvalue weighted by Crippen LogP contribution is 2.34. The van der Waals surface area contributed by atoms with Gasteiger partial charge in [-0.25, -0.2) is 9.78 Å². The van der Waals surface area contributed by atoms with E-state index in [0.717, 1.165) is 28.7 Å². The minimum Gasteiger partial charge on any atom is -0.507 e. The minimum absolute atomic E-state index is 0.263. The van der Waals surface area contributed by atoms with E-state index >= 15 is 0 Å². The lowest BCUT2D eigenvalue weighted by atomic mass is 9.91. The number of phenolic OH excluding ortho intramolecular Hbond substituents is 1. The average molecular weight is 428 g/mol. The number of rotatable bonds is 8. The molecule has 0 fully saturated rings. The third-order valence-electron chi connectivity index (χ3n) is 5.81. The quantitative estimate of drug-likeness (QED) is 0.538. The predicted molar refractivity (Wildman–Crippen MR) is 123 cm³/mol. The lowest BCUT2D eigenvalue weighted by molar-refractivity contribution is 0.454. The van der Waals surface area contributed by atoms with Gasteiger partial charge in [-0.3, -0.25) is 13.9 Å². The Labute approximate surface area is 182 Å². The molecule has 8 nitrogen and oxygen atoms in total. The van der Waals surface area contributed by atoms with Crippen LogP contribution in [0.2, 0.25) is 0 Å². The zero-order valence-electron chi connectivity index (χ0n) is 19.3. The number of hydrogen-bond acceptors (Lipinski definition) is 5. The molecular weight excluding hydrogens is 394 g/mol. The van der Waals surface area contributed by atoms with Crippen molar-refractivity contribution in [2.45, 2.75) is 52.5 Å². The number of phenols is 1. The van der Waals surface area contributed by atoms with Crippen molar-refractivity contribution in [3.63, 3.8) is 0 Å². The van der Waals surface area contributed by atoms with E-state index in [-0.39, 0.29) is 23.1 Å². The predicted octanol–water partition coefficient (Wildman–Crippen LogP) is 2.22. The molecular formula is C23H33N5O3. The highest BCUT2D eigenvalue weighted by atomic mass is 16.3. The molecule has 2 N–H and O–H groups in total. The summed E-state index contributed by atoms with van der Waals surface area (Å²) in [7, 11) is 3.10. The van der Waals surface area contributed by atoms with Crippen LogP contribution < -0.4 is 16.6 Å². The van der Waals surface area contributed by atoms with Gasteiger partial charge in [0.1, 0.15) is 5.75 Å². The molecule has 0 bridgehead atoms. The molecule has 8 heteroatoms. The number of imidazole rings is 1. The fourth-order valence-corrected chi connectivity index (χ4v) is 3.89. The zero-order chi connectivity index (χ0) is 22.9. The Hall–Kier alpha value is -2.87. The SMILES string of the molecule is CC(C)c1cc(CCNCCn2cnc3c2c(=O)n(C)c(=O)n3C)cc(C(C)C)c1O. The normalized spacial score (nSPS) is 11.9. The van der Waals surface area contributed by atoms with Crippen molar-refractivity contribution in [3.05, 3.63) is 56.0 Å². The van der Waals surface area contributed by atoms with Gasteiger partial charge in [-0.2, -0.15) is 0 Å². The average Bonchev–Trinajstić information content (AvgIpc) is 3.15. The van der Waals surface area contributed by atoms with Gasteiger partial charge in [-0.15, -0.1) is 0 Å². The van der Waals surface area contributed by atoms with Gasteiger partial charge in [-0.05, 0) is 41.5 Å². The summed E-state index contributed by atoms with van der Waals surface area (Å²) in [4.78, 5) is 28.8. The van der Waals surface area contributed by atoms with Gasteiger partial charge in [0, 0.05) is 27.2 Å². The molecule has 0 aliphatic rings. The molecule has 168 valence electrons. The van der Waals surface area contributed by atoms with E-state index in [4.69, 9.17) is 0 Å². The summed E-state index contributed by atoms with van der Waals surface area (Å²) < 4.78 is 4.29. The fraction of sp³-hybridized carbons (Fsp3) is 0.522. The number of aromatic nitrogens is 4. The first-order chi connectivity index (χ1) is 14.6. The monoisotopic (exact) mass is 427 g/mol. The Bertz CT molecular complexity index is 1170. The molecule has 0 aliphatic heterocycles. The van der Waals surface area contributed by atoms with E-state index in [1.165, 1.54) is 17.2 Å². The van der Waals surface area contributed by atoms with Crippen molar-refractivity contribution in [1.29, 1.82) is 0 Å². The van der Waals surface area contributed by atoms with Crippen LogP contribution >= 0.6 is 0 Å². The Morgan fingerprint density at radius 2 is 1.61 bits per heavy atom. The zero-order valence-corrected chi connectivity index (χ0v) is 19.3. The van der Waals surface area contributed by atoms with Crippen LogP contribution in [0.15, 0.2) is 28.0 Å². The van der Waals surface area contributed by atoms with E-state index < -0.39 is 0 Å². The lowest BCUT2D eigenvalue weighted by Crippen LogP contribution is -2.37.